The highest BCUT2D eigenvalue weighted by atomic mass is 32.2. The third kappa shape index (κ3) is 3.65. The largest absolute Gasteiger partial charge is 0.495 e. The van der Waals surface area contributed by atoms with Crippen LogP contribution in [0.4, 0.5) is 5.69 Å². The maximum atomic E-state index is 12.3. The molecular formula is C18H18N4O3S. The van der Waals surface area contributed by atoms with Gasteiger partial charge in [-0.15, -0.1) is 0 Å². The highest BCUT2D eigenvalue weighted by Gasteiger charge is 2.13. The number of aryl methyl sites for hydroxylation is 1. The monoisotopic (exact) mass is 370 g/mol. The number of amides is 1. The van der Waals surface area contributed by atoms with Crippen molar-refractivity contribution in [1.29, 1.82) is 0 Å². The Kier molecular flexibility index (Phi) is 5.13. The number of nitrogen functional groups attached to an aromatic ring is 1. The predicted molar refractivity (Wildman–Crippen MR) is 103 cm³/mol. The number of benzene rings is 2. The fourth-order valence-corrected chi connectivity index (χ4v) is 3.18. The number of nitrogens with zero attached hydrogens (tertiary/aromatic N) is 2. The number of ether oxygens (including phenoxy) is 1. The van der Waals surface area contributed by atoms with Gasteiger partial charge in [0.2, 0.25) is 5.91 Å². The van der Waals surface area contributed by atoms with Crippen molar-refractivity contribution in [2.45, 2.75) is 12.1 Å². The number of fused-ring (bicyclic) bond motifs is 1. The van der Waals surface area contributed by atoms with E-state index in [0.717, 1.165) is 22.0 Å². The molecule has 26 heavy (non-hydrogen) atoms. The average Bonchev–Trinajstić information content (AvgIpc) is 2.64. The van der Waals surface area contributed by atoms with E-state index in [0.29, 0.717) is 22.3 Å². The summed E-state index contributed by atoms with van der Waals surface area (Å²) in [5.41, 5.74) is 1.79. The summed E-state index contributed by atoms with van der Waals surface area (Å²) in [5, 5.41) is 3.52. The maximum absolute atomic E-state index is 12.3. The zero-order valence-corrected chi connectivity index (χ0v) is 15.2. The fraction of sp³-hybridized carbons (Fsp3) is 0.167. The molecule has 7 nitrogen and oxygen atoms in total. The molecule has 1 aromatic heterocycles. The third-order valence-corrected chi connectivity index (χ3v) is 4.69. The number of rotatable bonds is 5. The third-order valence-electron chi connectivity index (χ3n) is 3.74. The number of carbonyl (C=O) groups is 1. The molecule has 0 spiro atoms. The van der Waals surface area contributed by atoms with Gasteiger partial charge in [0.05, 0.1) is 29.5 Å². The molecule has 1 amide bonds. The number of aromatic nitrogens is 2. The molecule has 0 fully saturated rings. The first-order valence-corrected chi connectivity index (χ1v) is 8.82. The minimum atomic E-state index is -0.348. The summed E-state index contributed by atoms with van der Waals surface area (Å²) in [6.45, 7) is 1.93. The molecule has 0 aliphatic heterocycles. The molecule has 0 aliphatic carbocycles. The molecule has 0 bridgehead atoms. The van der Waals surface area contributed by atoms with Crippen LogP contribution in [0.2, 0.25) is 0 Å². The van der Waals surface area contributed by atoms with Crippen LogP contribution in [-0.2, 0) is 4.79 Å². The quantitative estimate of drug-likeness (QED) is 0.406. The van der Waals surface area contributed by atoms with Crippen LogP contribution in [0, 0.1) is 6.92 Å². The summed E-state index contributed by atoms with van der Waals surface area (Å²) >= 11 is 1.10. The standard InChI is InChI=1S/C18H18N4O3S/c1-11-7-8-15(25-2)14(9-11)20-16(23)10-26-18-21-13-6-4-3-5-12(13)17(24)22(18)19/h3-9H,10,19H2,1-2H3,(H,20,23). The van der Waals surface area contributed by atoms with Gasteiger partial charge in [0.1, 0.15) is 5.75 Å². The number of nitrogens with two attached hydrogens (primary N) is 1. The summed E-state index contributed by atoms with van der Waals surface area (Å²) in [4.78, 5) is 28.9. The van der Waals surface area contributed by atoms with Gasteiger partial charge in [-0.2, -0.15) is 0 Å². The van der Waals surface area contributed by atoms with Crippen molar-refractivity contribution in [1.82, 2.24) is 9.66 Å². The van der Waals surface area contributed by atoms with E-state index in [1.54, 1.807) is 37.4 Å². The van der Waals surface area contributed by atoms with Gasteiger partial charge in [-0.25, -0.2) is 9.66 Å². The number of methoxy groups -OCH3 is 1. The van der Waals surface area contributed by atoms with Crippen molar-refractivity contribution in [2.24, 2.45) is 0 Å². The second-order valence-electron chi connectivity index (χ2n) is 5.63. The van der Waals surface area contributed by atoms with Crippen LogP contribution in [-0.4, -0.2) is 28.4 Å². The summed E-state index contributed by atoms with van der Waals surface area (Å²) in [6.07, 6.45) is 0. The summed E-state index contributed by atoms with van der Waals surface area (Å²) < 4.78 is 6.21. The van der Waals surface area contributed by atoms with Crippen LogP contribution >= 0.6 is 11.8 Å². The van der Waals surface area contributed by atoms with Gasteiger partial charge < -0.3 is 15.9 Å². The molecule has 3 N–H and O–H groups in total. The smallest absolute Gasteiger partial charge is 0.280 e. The van der Waals surface area contributed by atoms with Crippen molar-refractivity contribution in [2.75, 3.05) is 24.0 Å². The zero-order chi connectivity index (χ0) is 18.7. The van der Waals surface area contributed by atoms with Crippen molar-refractivity contribution in [3.8, 4) is 5.75 Å². The molecule has 3 aromatic rings. The molecule has 0 radical (unpaired) electrons. The minimum absolute atomic E-state index is 0.0546. The zero-order valence-electron chi connectivity index (χ0n) is 14.4. The molecular weight excluding hydrogens is 352 g/mol. The van der Waals surface area contributed by atoms with Gasteiger partial charge in [-0.1, -0.05) is 30.0 Å². The highest BCUT2D eigenvalue weighted by molar-refractivity contribution is 7.99. The molecule has 0 saturated heterocycles. The second-order valence-corrected chi connectivity index (χ2v) is 6.57. The number of nitrogens with one attached hydrogen (secondary N) is 1. The Labute approximate surface area is 154 Å². The fourth-order valence-electron chi connectivity index (χ4n) is 2.46. The number of anilines is 1. The Balaban J connectivity index is 1.76. The van der Waals surface area contributed by atoms with E-state index in [1.165, 1.54) is 0 Å². The Morgan fingerprint density at radius 3 is 2.85 bits per heavy atom. The Bertz CT molecular complexity index is 1030. The molecule has 3 rings (SSSR count). The lowest BCUT2D eigenvalue weighted by molar-refractivity contribution is -0.113. The number of hydrogen-bond donors (Lipinski definition) is 2. The van der Waals surface area contributed by atoms with Crippen molar-refractivity contribution < 1.29 is 9.53 Å². The Morgan fingerprint density at radius 2 is 2.08 bits per heavy atom. The van der Waals surface area contributed by atoms with Crippen molar-refractivity contribution in [3.05, 3.63) is 58.4 Å². The normalized spacial score (nSPS) is 10.7. The maximum Gasteiger partial charge on any atom is 0.280 e. The lowest BCUT2D eigenvalue weighted by Gasteiger charge is -2.11. The predicted octanol–water partition coefficient (Wildman–Crippen LogP) is 2.16. The summed E-state index contributed by atoms with van der Waals surface area (Å²) in [7, 11) is 1.54. The van der Waals surface area contributed by atoms with E-state index in [4.69, 9.17) is 10.6 Å². The average molecular weight is 370 g/mol. The van der Waals surface area contributed by atoms with Gasteiger partial charge in [0.25, 0.3) is 5.56 Å². The van der Waals surface area contributed by atoms with Crippen LogP contribution in [0.1, 0.15) is 5.56 Å². The van der Waals surface area contributed by atoms with Crippen LogP contribution in [0.25, 0.3) is 10.9 Å². The second kappa shape index (κ2) is 7.49. The van der Waals surface area contributed by atoms with Crippen LogP contribution in [0.5, 0.6) is 5.75 Å². The number of para-hydroxylation sites is 1. The lowest BCUT2D eigenvalue weighted by atomic mass is 10.2. The molecule has 2 aromatic carbocycles. The number of carbonyl (C=O) groups excluding carboxylic acids is 1. The Hall–Kier alpha value is -3.00. The number of thioether (sulfide) groups is 1. The van der Waals surface area contributed by atoms with E-state index in [-0.39, 0.29) is 22.4 Å². The van der Waals surface area contributed by atoms with E-state index < -0.39 is 0 Å². The topological polar surface area (TPSA) is 99.2 Å². The number of hydrogen-bond acceptors (Lipinski definition) is 6. The van der Waals surface area contributed by atoms with E-state index in [2.05, 4.69) is 10.3 Å². The van der Waals surface area contributed by atoms with Crippen LogP contribution < -0.4 is 21.5 Å². The molecule has 0 atom stereocenters. The molecule has 0 aliphatic rings. The minimum Gasteiger partial charge on any atom is -0.495 e. The van der Waals surface area contributed by atoms with Crippen molar-refractivity contribution in [3.63, 3.8) is 0 Å². The molecule has 1 heterocycles. The van der Waals surface area contributed by atoms with E-state index in [9.17, 15) is 9.59 Å². The molecule has 0 saturated carbocycles. The van der Waals surface area contributed by atoms with Crippen molar-refractivity contribution >= 4 is 34.3 Å². The van der Waals surface area contributed by atoms with Crippen LogP contribution in [0.3, 0.4) is 0 Å². The van der Waals surface area contributed by atoms with E-state index >= 15 is 0 Å². The summed E-state index contributed by atoms with van der Waals surface area (Å²) in [6, 6.07) is 12.5. The molecule has 8 heteroatoms. The van der Waals surface area contributed by atoms with Gasteiger partial charge in [0.15, 0.2) is 5.16 Å². The molecule has 0 unspecified atom stereocenters. The van der Waals surface area contributed by atoms with Gasteiger partial charge >= 0.3 is 0 Å². The highest BCUT2D eigenvalue weighted by Crippen LogP contribution is 2.25. The first kappa shape index (κ1) is 17.8. The first-order chi connectivity index (χ1) is 12.5. The van der Waals surface area contributed by atoms with Gasteiger partial charge in [-0.3, -0.25) is 9.59 Å². The van der Waals surface area contributed by atoms with Crippen LogP contribution in [0.15, 0.2) is 52.4 Å². The van der Waals surface area contributed by atoms with Gasteiger partial charge in [-0.05, 0) is 36.8 Å². The van der Waals surface area contributed by atoms with E-state index in [1.807, 2.05) is 19.1 Å². The van der Waals surface area contributed by atoms with Gasteiger partial charge in [0, 0.05) is 0 Å². The molecule has 134 valence electrons. The first-order valence-electron chi connectivity index (χ1n) is 7.83. The lowest BCUT2D eigenvalue weighted by Crippen LogP contribution is -2.30. The summed E-state index contributed by atoms with van der Waals surface area (Å²) in [5.74, 6) is 6.21. The Morgan fingerprint density at radius 1 is 1.31 bits per heavy atom. The SMILES string of the molecule is COc1ccc(C)cc1NC(=O)CSc1nc2ccccc2c(=O)n1N.